The van der Waals surface area contributed by atoms with E-state index in [9.17, 15) is 42.3 Å². The molecule has 2 amide bonds. The maximum Gasteiger partial charge on any atom is 0.490 e. The van der Waals surface area contributed by atoms with E-state index in [1.54, 1.807) is 14.1 Å². The van der Waals surface area contributed by atoms with E-state index >= 15 is 0 Å². The summed E-state index contributed by atoms with van der Waals surface area (Å²) in [7, 11) is 3.18. The molecule has 232 valence electrons. The van der Waals surface area contributed by atoms with Crippen molar-refractivity contribution in [3.05, 3.63) is 64.7 Å². The summed E-state index contributed by atoms with van der Waals surface area (Å²) in [5.41, 5.74) is 6.47. The predicted octanol–water partition coefficient (Wildman–Crippen LogP) is 1.15. The number of ketones is 1. The van der Waals surface area contributed by atoms with Crippen molar-refractivity contribution in [2.75, 3.05) is 20.7 Å². The molecule has 2 aromatic carbocycles. The first-order valence-electron chi connectivity index (χ1n) is 11.8. The fourth-order valence-corrected chi connectivity index (χ4v) is 3.09. The van der Waals surface area contributed by atoms with Gasteiger partial charge in [-0.3, -0.25) is 24.6 Å². The SMILES string of the molecule is CN(C)C(=O)c1ccc(C(=O)N[C@@H](COc2cc(C(=N)N)ccc2CC(=O)C(=O)O)CC(=O)O)cc1.O=C(O)C(F)(F)F. The first kappa shape index (κ1) is 35.5. The molecule has 17 heteroatoms. The Morgan fingerprint density at radius 3 is 1.91 bits per heavy atom. The zero-order valence-electron chi connectivity index (χ0n) is 22.6. The molecule has 0 bridgehead atoms. The fraction of sp³-hybridized carbons (Fsp3) is 0.269. The number of amides is 2. The monoisotopic (exact) mass is 612 g/mol. The lowest BCUT2D eigenvalue weighted by Gasteiger charge is -2.20. The van der Waals surface area contributed by atoms with Gasteiger partial charge in [0.25, 0.3) is 11.8 Å². The van der Waals surface area contributed by atoms with E-state index in [1.165, 1.54) is 47.4 Å². The number of amidine groups is 1. The van der Waals surface area contributed by atoms with Crippen LogP contribution in [0.25, 0.3) is 0 Å². The molecule has 0 aliphatic heterocycles. The number of carbonyl (C=O) groups is 6. The molecule has 0 aliphatic carbocycles. The molecule has 0 radical (unpaired) electrons. The number of nitrogens with one attached hydrogen (secondary N) is 2. The lowest BCUT2D eigenvalue weighted by molar-refractivity contribution is -0.192. The number of halogens is 3. The van der Waals surface area contributed by atoms with Crippen LogP contribution in [0.15, 0.2) is 42.5 Å². The minimum atomic E-state index is -5.08. The van der Waals surface area contributed by atoms with Crippen LogP contribution in [0.1, 0.15) is 38.3 Å². The van der Waals surface area contributed by atoms with Crippen LogP contribution >= 0.6 is 0 Å². The number of nitrogens with two attached hydrogens (primary N) is 1. The van der Waals surface area contributed by atoms with Crippen LogP contribution in [0.5, 0.6) is 5.75 Å². The first-order chi connectivity index (χ1) is 19.8. The van der Waals surface area contributed by atoms with E-state index in [0.717, 1.165) is 0 Å². The lowest BCUT2D eigenvalue weighted by atomic mass is 10.0. The largest absolute Gasteiger partial charge is 0.491 e. The molecule has 0 heterocycles. The predicted molar refractivity (Wildman–Crippen MR) is 141 cm³/mol. The number of nitrogen functional groups attached to an aromatic ring is 1. The molecular weight excluding hydrogens is 585 g/mol. The van der Waals surface area contributed by atoms with Crippen molar-refractivity contribution in [2.24, 2.45) is 5.73 Å². The summed E-state index contributed by atoms with van der Waals surface area (Å²) in [5, 5.41) is 35.4. The van der Waals surface area contributed by atoms with E-state index < -0.39 is 54.7 Å². The Bertz CT molecular complexity index is 1390. The normalized spacial score (nSPS) is 11.2. The van der Waals surface area contributed by atoms with Crippen molar-refractivity contribution >= 4 is 41.3 Å². The molecule has 43 heavy (non-hydrogen) atoms. The summed E-state index contributed by atoms with van der Waals surface area (Å²) >= 11 is 0. The number of ether oxygens (including phenoxy) is 1. The third-order valence-electron chi connectivity index (χ3n) is 5.21. The molecule has 0 aromatic heterocycles. The number of hydrogen-bond donors (Lipinski definition) is 6. The van der Waals surface area contributed by atoms with Crippen molar-refractivity contribution in [3.8, 4) is 5.75 Å². The van der Waals surface area contributed by atoms with Crippen LogP contribution < -0.4 is 15.8 Å². The Labute approximate surface area is 241 Å². The van der Waals surface area contributed by atoms with Crippen LogP contribution in [-0.4, -0.2) is 94.5 Å². The number of alkyl halides is 3. The maximum absolute atomic E-state index is 12.7. The van der Waals surface area contributed by atoms with Crippen molar-refractivity contribution in [1.29, 1.82) is 5.41 Å². The van der Waals surface area contributed by atoms with Crippen LogP contribution in [-0.2, 0) is 25.6 Å². The second-order valence-electron chi connectivity index (χ2n) is 8.80. The molecule has 2 aromatic rings. The Kier molecular flexibility index (Phi) is 12.8. The number of hydrogen-bond acceptors (Lipinski definition) is 8. The van der Waals surface area contributed by atoms with Crippen molar-refractivity contribution in [3.63, 3.8) is 0 Å². The van der Waals surface area contributed by atoms with Gasteiger partial charge in [-0.05, 0) is 30.3 Å². The van der Waals surface area contributed by atoms with Gasteiger partial charge in [-0.15, -0.1) is 0 Å². The van der Waals surface area contributed by atoms with Gasteiger partial charge < -0.3 is 36.0 Å². The summed E-state index contributed by atoms with van der Waals surface area (Å²) in [6.45, 7) is -0.342. The van der Waals surface area contributed by atoms with Crippen LogP contribution in [0.3, 0.4) is 0 Å². The summed E-state index contributed by atoms with van der Waals surface area (Å²) < 4.78 is 37.4. The second-order valence-corrected chi connectivity index (χ2v) is 8.80. The molecule has 14 nitrogen and oxygen atoms in total. The molecule has 0 spiro atoms. The maximum atomic E-state index is 12.7. The van der Waals surface area contributed by atoms with Gasteiger partial charge in [-0.1, -0.05) is 12.1 Å². The quantitative estimate of drug-likeness (QED) is 0.113. The van der Waals surface area contributed by atoms with E-state index in [2.05, 4.69) is 5.32 Å². The smallest absolute Gasteiger partial charge is 0.490 e. The Balaban J connectivity index is 0.00000117. The Morgan fingerprint density at radius 1 is 0.953 bits per heavy atom. The highest BCUT2D eigenvalue weighted by Crippen LogP contribution is 2.22. The molecule has 0 fully saturated rings. The highest BCUT2D eigenvalue weighted by molar-refractivity contribution is 6.33. The fourth-order valence-electron chi connectivity index (χ4n) is 3.09. The average Bonchev–Trinajstić information content (AvgIpc) is 2.91. The van der Waals surface area contributed by atoms with Crippen LogP contribution in [0, 0.1) is 5.41 Å². The van der Waals surface area contributed by atoms with E-state index in [1.807, 2.05) is 0 Å². The third kappa shape index (κ3) is 11.9. The number of aliphatic carboxylic acids is 3. The minimum absolute atomic E-state index is 0.0217. The molecule has 0 saturated heterocycles. The van der Waals surface area contributed by atoms with Crippen LogP contribution in [0.4, 0.5) is 13.2 Å². The zero-order valence-corrected chi connectivity index (χ0v) is 22.6. The average molecular weight is 613 g/mol. The zero-order chi connectivity index (χ0) is 33.1. The number of carboxylic acids is 3. The lowest BCUT2D eigenvalue weighted by Crippen LogP contribution is -2.40. The van der Waals surface area contributed by atoms with Gasteiger partial charge in [0.15, 0.2) is 0 Å². The van der Waals surface area contributed by atoms with E-state index in [-0.39, 0.29) is 40.8 Å². The summed E-state index contributed by atoms with van der Waals surface area (Å²) in [5.74, 6) is -7.83. The molecule has 0 unspecified atom stereocenters. The Hall–Kier alpha value is -5.48. The van der Waals surface area contributed by atoms with Crippen molar-refractivity contribution < 1.29 is 62.0 Å². The number of rotatable bonds is 12. The molecule has 0 saturated carbocycles. The van der Waals surface area contributed by atoms with Crippen molar-refractivity contribution in [2.45, 2.75) is 25.1 Å². The van der Waals surface area contributed by atoms with Crippen LogP contribution in [0.2, 0.25) is 0 Å². The van der Waals surface area contributed by atoms with E-state index in [4.69, 9.17) is 30.9 Å². The molecular formula is C26H27F3N4O10. The highest BCUT2D eigenvalue weighted by atomic mass is 19.4. The minimum Gasteiger partial charge on any atom is -0.491 e. The van der Waals surface area contributed by atoms with Gasteiger partial charge in [-0.2, -0.15) is 13.2 Å². The number of nitrogens with zero attached hydrogens (tertiary/aromatic N) is 1. The summed E-state index contributed by atoms with van der Waals surface area (Å²) in [6.07, 6.45) is -6.09. The van der Waals surface area contributed by atoms with Gasteiger partial charge in [0.1, 0.15) is 18.2 Å². The number of carboxylic acid groups (broad SMARTS) is 3. The van der Waals surface area contributed by atoms with Crippen molar-refractivity contribution in [1.82, 2.24) is 10.2 Å². The molecule has 1 atom stereocenters. The molecule has 0 aliphatic rings. The summed E-state index contributed by atoms with van der Waals surface area (Å²) in [6, 6.07) is 8.91. The molecule has 2 rings (SSSR count). The van der Waals surface area contributed by atoms with Gasteiger partial charge in [0, 0.05) is 42.8 Å². The van der Waals surface area contributed by atoms with Gasteiger partial charge in [0.05, 0.1) is 12.5 Å². The third-order valence-corrected chi connectivity index (χ3v) is 5.21. The topological polar surface area (TPSA) is 237 Å². The first-order valence-corrected chi connectivity index (χ1v) is 11.8. The van der Waals surface area contributed by atoms with Gasteiger partial charge in [-0.25, -0.2) is 9.59 Å². The number of benzene rings is 2. The number of Topliss-reactive ketones (excluding diaryl/α,β-unsaturated/α-hetero) is 1. The highest BCUT2D eigenvalue weighted by Gasteiger charge is 2.38. The Morgan fingerprint density at radius 2 is 1.47 bits per heavy atom. The van der Waals surface area contributed by atoms with E-state index in [0.29, 0.717) is 5.56 Å². The second kappa shape index (κ2) is 15.5. The standard InChI is InChI=1S/C24H26N4O8.C2HF3O2/c1-28(2)23(33)14-5-3-13(4-6-14)22(32)27-17(11-20(30)31)12-36-19-10-16(21(25)26)8-7-15(19)9-18(29)24(34)35;3-2(4,5)1(6)7/h3-8,10,17H,9,11-12H2,1-2H3,(H3,25,26)(H,27,32)(H,30,31)(H,34,35);(H,6,7)/t17-;/m1./s1. The number of carbonyl (C=O) groups excluding carboxylic acids is 3. The molecule has 7 N–H and O–H groups in total. The van der Waals surface area contributed by atoms with Gasteiger partial charge >= 0.3 is 24.1 Å². The van der Waals surface area contributed by atoms with Gasteiger partial charge in [0.2, 0.25) is 5.78 Å². The summed E-state index contributed by atoms with van der Waals surface area (Å²) in [4.78, 5) is 69.0.